The maximum Gasteiger partial charge on any atom is 0.262 e. The van der Waals surface area contributed by atoms with Crippen LogP contribution in [0.15, 0.2) is 30.5 Å². The quantitative estimate of drug-likeness (QED) is 0.890. The summed E-state index contributed by atoms with van der Waals surface area (Å²) in [4.78, 5) is 16.1. The van der Waals surface area contributed by atoms with E-state index in [4.69, 9.17) is 0 Å². The number of carbonyl (C=O) groups excluding carboxylic acids is 1. The fourth-order valence-electron chi connectivity index (χ4n) is 1.39. The van der Waals surface area contributed by atoms with Crippen molar-refractivity contribution in [1.82, 2.24) is 10.3 Å². The number of phenols is 1. The summed E-state index contributed by atoms with van der Waals surface area (Å²) in [5.74, 6) is 0.0897. The molecule has 0 aliphatic rings. The molecule has 1 heterocycles. The molecular formula is C13H12N2O2S. The smallest absolute Gasteiger partial charge is 0.262 e. The summed E-state index contributed by atoms with van der Waals surface area (Å²) in [5.41, 5.74) is 0.881. The highest BCUT2D eigenvalue weighted by atomic mass is 32.1. The third-order valence-electron chi connectivity index (χ3n) is 2.26. The third kappa shape index (κ3) is 2.95. The van der Waals surface area contributed by atoms with Crippen molar-refractivity contribution in [2.75, 3.05) is 7.05 Å². The van der Waals surface area contributed by atoms with Crippen LogP contribution in [0.4, 0.5) is 0 Å². The maximum absolute atomic E-state index is 11.3. The Bertz CT molecular complexity index is 590. The Morgan fingerprint density at radius 3 is 3.00 bits per heavy atom. The fraction of sp³-hybridized carbons (Fsp3) is 0.0769. The Hall–Kier alpha value is -2.14. The molecule has 0 bridgehead atoms. The van der Waals surface area contributed by atoms with Gasteiger partial charge in [0.25, 0.3) is 5.91 Å². The number of nitrogens with one attached hydrogen (secondary N) is 1. The number of phenolic OH excluding ortho intramolecular Hbond substituents is 1. The van der Waals surface area contributed by atoms with Gasteiger partial charge in [-0.1, -0.05) is 18.2 Å². The van der Waals surface area contributed by atoms with Crippen LogP contribution in [-0.2, 0) is 0 Å². The predicted molar refractivity (Wildman–Crippen MR) is 72.5 cm³/mol. The molecule has 1 aromatic carbocycles. The highest BCUT2D eigenvalue weighted by Crippen LogP contribution is 2.17. The van der Waals surface area contributed by atoms with Crippen LogP contribution < -0.4 is 5.32 Å². The van der Waals surface area contributed by atoms with E-state index in [0.29, 0.717) is 4.88 Å². The standard InChI is InChI=1S/C13H12N2O2S/c1-14-13(17)11-8-15-12(18-11)6-5-9-3-2-4-10(16)7-9/h2-8,16H,1H3,(H,14,17)/b6-5-. The first-order valence-corrected chi connectivity index (χ1v) is 6.16. The molecule has 2 rings (SSSR count). The summed E-state index contributed by atoms with van der Waals surface area (Å²) in [5, 5.41) is 12.6. The SMILES string of the molecule is CNC(=O)c1cnc(/C=C\c2cccc(O)c2)s1. The number of hydrogen-bond acceptors (Lipinski definition) is 4. The number of benzene rings is 1. The molecule has 0 atom stereocenters. The maximum atomic E-state index is 11.3. The lowest BCUT2D eigenvalue weighted by Gasteiger charge is -1.93. The highest BCUT2D eigenvalue weighted by molar-refractivity contribution is 7.14. The summed E-state index contributed by atoms with van der Waals surface area (Å²) in [6.07, 6.45) is 5.20. The van der Waals surface area contributed by atoms with Gasteiger partial charge in [0, 0.05) is 7.05 Å². The first-order chi connectivity index (χ1) is 8.69. The molecule has 0 aliphatic carbocycles. The number of aromatic hydroxyl groups is 1. The summed E-state index contributed by atoms with van der Waals surface area (Å²) >= 11 is 1.32. The molecule has 1 amide bonds. The lowest BCUT2D eigenvalue weighted by Crippen LogP contribution is -2.16. The average molecular weight is 260 g/mol. The topological polar surface area (TPSA) is 62.2 Å². The highest BCUT2D eigenvalue weighted by Gasteiger charge is 2.06. The van der Waals surface area contributed by atoms with E-state index in [9.17, 15) is 9.90 Å². The molecule has 0 unspecified atom stereocenters. The lowest BCUT2D eigenvalue weighted by atomic mass is 10.2. The van der Waals surface area contributed by atoms with Gasteiger partial charge in [0.15, 0.2) is 0 Å². The zero-order chi connectivity index (χ0) is 13.0. The molecule has 92 valence electrons. The van der Waals surface area contributed by atoms with Crippen LogP contribution in [0.2, 0.25) is 0 Å². The molecule has 0 radical (unpaired) electrons. The number of hydrogen-bond donors (Lipinski definition) is 2. The molecule has 0 saturated carbocycles. The molecular weight excluding hydrogens is 248 g/mol. The molecule has 2 N–H and O–H groups in total. The molecule has 0 saturated heterocycles. The van der Waals surface area contributed by atoms with Crippen LogP contribution in [0.5, 0.6) is 5.75 Å². The van der Waals surface area contributed by atoms with Gasteiger partial charge in [-0.05, 0) is 23.8 Å². The van der Waals surface area contributed by atoms with E-state index in [2.05, 4.69) is 10.3 Å². The second kappa shape index (κ2) is 5.46. The minimum atomic E-state index is -0.135. The predicted octanol–water partition coefficient (Wildman–Crippen LogP) is 2.38. The van der Waals surface area contributed by atoms with Crippen molar-refractivity contribution in [2.45, 2.75) is 0 Å². The third-order valence-corrected chi connectivity index (χ3v) is 3.22. The van der Waals surface area contributed by atoms with E-state index in [0.717, 1.165) is 10.6 Å². The Morgan fingerprint density at radius 2 is 2.28 bits per heavy atom. The summed E-state index contributed by atoms with van der Waals surface area (Å²) in [6.45, 7) is 0. The lowest BCUT2D eigenvalue weighted by molar-refractivity contribution is 0.0967. The van der Waals surface area contributed by atoms with Crippen molar-refractivity contribution in [3.8, 4) is 5.75 Å². The normalized spacial score (nSPS) is 10.7. The molecule has 4 nitrogen and oxygen atoms in total. The van der Waals surface area contributed by atoms with Gasteiger partial charge in [0.1, 0.15) is 15.6 Å². The average Bonchev–Trinajstić information content (AvgIpc) is 2.84. The second-order valence-corrected chi connectivity index (χ2v) is 4.63. The number of thiazole rings is 1. The van der Waals surface area contributed by atoms with Crippen molar-refractivity contribution in [3.05, 3.63) is 45.9 Å². The van der Waals surface area contributed by atoms with E-state index in [-0.39, 0.29) is 11.7 Å². The van der Waals surface area contributed by atoms with Crippen LogP contribution in [0.3, 0.4) is 0 Å². The number of carbonyl (C=O) groups is 1. The first kappa shape index (κ1) is 12.3. The van der Waals surface area contributed by atoms with Crippen LogP contribution in [0, 0.1) is 0 Å². The summed E-state index contributed by atoms with van der Waals surface area (Å²) < 4.78 is 0. The van der Waals surface area contributed by atoms with Gasteiger partial charge in [0.2, 0.25) is 0 Å². The van der Waals surface area contributed by atoms with Crippen molar-refractivity contribution in [2.24, 2.45) is 0 Å². The van der Waals surface area contributed by atoms with Crippen LogP contribution in [0.25, 0.3) is 12.2 Å². The Morgan fingerprint density at radius 1 is 1.44 bits per heavy atom. The number of aromatic nitrogens is 1. The molecule has 5 heteroatoms. The molecule has 0 spiro atoms. The van der Waals surface area contributed by atoms with Crippen LogP contribution in [-0.4, -0.2) is 23.0 Å². The minimum Gasteiger partial charge on any atom is -0.508 e. The zero-order valence-corrected chi connectivity index (χ0v) is 10.6. The van der Waals surface area contributed by atoms with E-state index < -0.39 is 0 Å². The molecule has 2 aromatic rings. The van der Waals surface area contributed by atoms with Gasteiger partial charge in [-0.3, -0.25) is 4.79 Å². The van der Waals surface area contributed by atoms with Crippen LogP contribution >= 0.6 is 11.3 Å². The fourth-order valence-corrected chi connectivity index (χ4v) is 2.16. The Balaban J connectivity index is 2.14. The molecule has 0 aliphatic heterocycles. The molecule has 18 heavy (non-hydrogen) atoms. The van der Waals surface area contributed by atoms with Crippen molar-refractivity contribution in [1.29, 1.82) is 0 Å². The summed E-state index contributed by atoms with van der Waals surface area (Å²) in [6, 6.07) is 6.92. The van der Waals surface area contributed by atoms with Crippen molar-refractivity contribution < 1.29 is 9.90 Å². The number of amides is 1. The van der Waals surface area contributed by atoms with Crippen molar-refractivity contribution >= 4 is 29.4 Å². The largest absolute Gasteiger partial charge is 0.508 e. The number of rotatable bonds is 3. The first-order valence-electron chi connectivity index (χ1n) is 5.34. The van der Waals surface area contributed by atoms with Gasteiger partial charge in [-0.15, -0.1) is 11.3 Å². The minimum absolute atomic E-state index is 0.135. The van der Waals surface area contributed by atoms with Gasteiger partial charge in [0.05, 0.1) is 6.20 Å². The monoisotopic (exact) mass is 260 g/mol. The molecule has 0 fully saturated rings. The number of nitrogens with zero attached hydrogens (tertiary/aromatic N) is 1. The van der Waals surface area contributed by atoms with E-state index in [1.807, 2.05) is 18.2 Å². The van der Waals surface area contributed by atoms with Gasteiger partial charge in [-0.2, -0.15) is 0 Å². The zero-order valence-electron chi connectivity index (χ0n) is 9.75. The Kier molecular flexibility index (Phi) is 3.74. The summed E-state index contributed by atoms with van der Waals surface area (Å²) in [7, 11) is 1.59. The van der Waals surface area contributed by atoms with Crippen LogP contribution in [0.1, 0.15) is 20.2 Å². The van der Waals surface area contributed by atoms with E-state index >= 15 is 0 Å². The van der Waals surface area contributed by atoms with Crippen molar-refractivity contribution in [3.63, 3.8) is 0 Å². The van der Waals surface area contributed by atoms with Gasteiger partial charge in [-0.25, -0.2) is 4.98 Å². The van der Waals surface area contributed by atoms with E-state index in [1.54, 1.807) is 31.4 Å². The van der Waals surface area contributed by atoms with Gasteiger partial charge < -0.3 is 10.4 Å². The second-order valence-electron chi connectivity index (χ2n) is 3.57. The van der Waals surface area contributed by atoms with E-state index in [1.165, 1.54) is 11.3 Å². The van der Waals surface area contributed by atoms with Gasteiger partial charge >= 0.3 is 0 Å². The molecule has 1 aromatic heterocycles. The Labute approximate surface area is 109 Å².